The van der Waals surface area contributed by atoms with Gasteiger partial charge in [0.25, 0.3) is 0 Å². The van der Waals surface area contributed by atoms with Crippen molar-refractivity contribution in [3.63, 3.8) is 0 Å². The molecule has 0 radical (unpaired) electrons. The molecule has 1 unspecified atom stereocenters. The Morgan fingerprint density at radius 1 is 1.33 bits per heavy atom. The maximum absolute atomic E-state index is 11.4. The number of aliphatic carboxylic acids is 1. The lowest BCUT2D eigenvalue weighted by molar-refractivity contribution is -0.146. The molecule has 104 valence electrons. The molecule has 0 saturated carbocycles. The van der Waals surface area contributed by atoms with Crippen LogP contribution in [0.3, 0.4) is 0 Å². The molecular weight excluding hydrogens is 240 g/mol. The van der Waals surface area contributed by atoms with E-state index in [0.717, 1.165) is 12.8 Å². The normalized spacial score (nSPS) is 19.9. The molecule has 1 atom stereocenters. The molecule has 1 saturated heterocycles. The number of hydrogen-bond donors (Lipinski definition) is 4. The van der Waals surface area contributed by atoms with Crippen molar-refractivity contribution in [3.05, 3.63) is 0 Å². The maximum atomic E-state index is 11.4. The average Bonchev–Trinajstić information content (AvgIpc) is 2.34. The van der Waals surface area contributed by atoms with Crippen molar-refractivity contribution < 1.29 is 24.5 Å². The minimum atomic E-state index is -1.57. The zero-order chi connectivity index (χ0) is 13.6. The van der Waals surface area contributed by atoms with E-state index in [1.54, 1.807) is 0 Å². The summed E-state index contributed by atoms with van der Waals surface area (Å²) in [4.78, 5) is 21.7. The van der Waals surface area contributed by atoms with Crippen LogP contribution in [0.2, 0.25) is 0 Å². The van der Waals surface area contributed by atoms with E-state index in [1.807, 2.05) is 0 Å². The third-order valence-corrected chi connectivity index (χ3v) is 3.12. The first-order valence-electron chi connectivity index (χ1n) is 5.93. The summed E-state index contributed by atoms with van der Waals surface area (Å²) in [6.07, 6.45) is 0.185. The predicted octanol–water partition coefficient (Wildman–Crippen LogP) is -0.452. The van der Waals surface area contributed by atoms with Crippen LogP contribution in [-0.4, -0.2) is 54.6 Å². The molecule has 0 spiro atoms. The van der Waals surface area contributed by atoms with Gasteiger partial charge in [0.15, 0.2) is 6.10 Å². The summed E-state index contributed by atoms with van der Waals surface area (Å²) in [6, 6.07) is -0.469. The van der Waals surface area contributed by atoms with E-state index in [-0.39, 0.29) is 12.0 Å². The summed E-state index contributed by atoms with van der Waals surface area (Å²) in [7, 11) is 0. The second-order valence-electron chi connectivity index (χ2n) is 4.84. The Kier molecular flexibility index (Phi) is 5.36. The van der Waals surface area contributed by atoms with Gasteiger partial charge >= 0.3 is 12.0 Å². The van der Waals surface area contributed by atoms with Gasteiger partial charge in [0.05, 0.1) is 6.54 Å². The Morgan fingerprint density at radius 2 is 1.94 bits per heavy atom. The fourth-order valence-corrected chi connectivity index (χ4v) is 1.67. The number of carbonyl (C=O) groups excluding carboxylic acids is 1. The monoisotopic (exact) mass is 260 g/mol. The third kappa shape index (κ3) is 4.89. The Labute approximate surface area is 106 Å². The number of amides is 2. The summed E-state index contributed by atoms with van der Waals surface area (Å²) < 4.78 is 5.25. The van der Waals surface area contributed by atoms with Crippen molar-refractivity contribution >= 4 is 12.0 Å². The molecular formula is C11H20N2O5. The topological polar surface area (TPSA) is 108 Å². The zero-order valence-electron chi connectivity index (χ0n) is 10.4. The zero-order valence-corrected chi connectivity index (χ0v) is 10.4. The Morgan fingerprint density at radius 3 is 2.50 bits per heavy atom. The number of carboxylic acids is 1. The molecule has 1 aliphatic heterocycles. The van der Waals surface area contributed by atoms with Gasteiger partial charge in [0.1, 0.15) is 0 Å². The van der Waals surface area contributed by atoms with Crippen LogP contribution in [0.25, 0.3) is 0 Å². The minimum Gasteiger partial charge on any atom is -0.479 e. The first-order chi connectivity index (χ1) is 8.43. The highest BCUT2D eigenvalue weighted by Crippen LogP contribution is 2.28. The number of aliphatic hydroxyl groups excluding tert-OH is 1. The lowest BCUT2D eigenvalue weighted by Gasteiger charge is -2.33. The van der Waals surface area contributed by atoms with Crippen molar-refractivity contribution in [1.82, 2.24) is 10.6 Å². The SMILES string of the molecule is CC1(CNC(=O)NCC(O)C(=O)O)CCOCC1. The predicted molar refractivity (Wildman–Crippen MR) is 63.2 cm³/mol. The second-order valence-corrected chi connectivity index (χ2v) is 4.84. The summed E-state index contributed by atoms with van der Waals surface area (Å²) in [5.74, 6) is -1.35. The molecule has 0 bridgehead atoms. The quantitative estimate of drug-likeness (QED) is 0.535. The molecule has 0 aromatic rings. The van der Waals surface area contributed by atoms with Crippen LogP contribution in [0.15, 0.2) is 0 Å². The fourth-order valence-electron chi connectivity index (χ4n) is 1.67. The molecule has 7 nitrogen and oxygen atoms in total. The van der Waals surface area contributed by atoms with Crippen molar-refractivity contribution in [1.29, 1.82) is 0 Å². The second kappa shape index (κ2) is 6.55. The molecule has 0 aromatic heterocycles. The standard InChI is InChI=1S/C11H20N2O5/c1-11(2-4-18-5-3-11)7-13-10(17)12-6-8(14)9(15)16/h8,14H,2-7H2,1H3,(H,15,16)(H2,12,13,17). The van der Waals surface area contributed by atoms with Gasteiger partial charge in [-0.05, 0) is 18.3 Å². The highest BCUT2D eigenvalue weighted by molar-refractivity contribution is 5.76. The lowest BCUT2D eigenvalue weighted by Crippen LogP contribution is -2.46. The van der Waals surface area contributed by atoms with E-state index in [1.165, 1.54) is 0 Å². The van der Waals surface area contributed by atoms with Gasteiger partial charge < -0.3 is 25.6 Å². The van der Waals surface area contributed by atoms with Gasteiger partial charge in [-0.15, -0.1) is 0 Å². The smallest absolute Gasteiger partial charge is 0.334 e. The molecule has 0 aromatic carbocycles. The van der Waals surface area contributed by atoms with Gasteiger partial charge in [-0.25, -0.2) is 9.59 Å². The molecule has 18 heavy (non-hydrogen) atoms. The number of nitrogens with one attached hydrogen (secondary N) is 2. The number of ether oxygens (including phenoxy) is 1. The van der Waals surface area contributed by atoms with Gasteiger partial charge in [-0.2, -0.15) is 0 Å². The first kappa shape index (κ1) is 14.7. The van der Waals surface area contributed by atoms with Crippen LogP contribution < -0.4 is 10.6 Å². The molecule has 4 N–H and O–H groups in total. The first-order valence-corrected chi connectivity index (χ1v) is 5.93. The molecule has 2 amide bonds. The highest BCUT2D eigenvalue weighted by Gasteiger charge is 2.27. The van der Waals surface area contributed by atoms with E-state index in [0.29, 0.717) is 19.8 Å². The Balaban J connectivity index is 2.22. The molecule has 1 fully saturated rings. The fraction of sp³-hybridized carbons (Fsp3) is 0.818. The van der Waals surface area contributed by atoms with Crippen LogP contribution in [0.1, 0.15) is 19.8 Å². The lowest BCUT2D eigenvalue weighted by atomic mass is 9.82. The summed E-state index contributed by atoms with van der Waals surface area (Å²) in [5.41, 5.74) is 0.0149. The van der Waals surface area contributed by atoms with Crippen molar-refractivity contribution in [2.45, 2.75) is 25.9 Å². The molecule has 1 rings (SSSR count). The van der Waals surface area contributed by atoms with Gasteiger partial charge in [0, 0.05) is 19.8 Å². The minimum absolute atomic E-state index is 0.0149. The third-order valence-electron chi connectivity index (χ3n) is 3.12. The summed E-state index contributed by atoms with van der Waals surface area (Å²) in [6.45, 7) is 3.66. The molecule has 1 heterocycles. The number of urea groups is 1. The van der Waals surface area contributed by atoms with Crippen molar-refractivity contribution in [2.75, 3.05) is 26.3 Å². The number of carbonyl (C=O) groups is 2. The van der Waals surface area contributed by atoms with Crippen LogP contribution in [0, 0.1) is 5.41 Å². The number of carboxylic acid groups (broad SMARTS) is 1. The van der Waals surface area contributed by atoms with E-state index >= 15 is 0 Å². The maximum Gasteiger partial charge on any atom is 0.334 e. The van der Waals surface area contributed by atoms with Crippen LogP contribution in [-0.2, 0) is 9.53 Å². The molecule has 7 heteroatoms. The van der Waals surface area contributed by atoms with E-state index in [2.05, 4.69) is 17.6 Å². The largest absolute Gasteiger partial charge is 0.479 e. The number of hydrogen-bond acceptors (Lipinski definition) is 4. The van der Waals surface area contributed by atoms with Gasteiger partial charge in [-0.1, -0.05) is 6.92 Å². The Hall–Kier alpha value is -1.34. The van der Waals surface area contributed by atoms with Crippen LogP contribution in [0.5, 0.6) is 0 Å². The average molecular weight is 260 g/mol. The highest BCUT2D eigenvalue weighted by atomic mass is 16.5. The van der Waals surface area contributed by atoms with Crippen LogP contribution >= 0.6 is 0 Å². The van der Waals surface area contributed by atoms with E-state index in [4.69, 9.17) is 14.9 Å². The van der Waals surface area contributed by atoms with Crippen LogP contribution in [0.4, 0.5) is 4.79 Å². The van der Waals surface area contributed by atoms with Crippen molar-refractivity contribution in [3.8, 4) is 0 Å². The number of aliphatic hydroxyl groups is 1. The molecule has 0 aliphatic carbocycles. The number of rotatable bonds is 5. The van der Waals surface area contributed by atoms with E-state index in [9.17, 15) is 9.59 Å². The Bertz CT molecular complexity index is 302. The van der Waals surface area contributed by atoms with Crippen molar-refractivity contribution in [2.24, 2.45) is 5.41 Å². The van der Waals surface area contributed by atoms with Gasteiger partial charge in [0.2, 0.25) is 0 Å². The molecule has 1 aliphatic rings. The summed E-state index contributed by atoms with van der Waals surface area (Å²) in [5, 5.41) is 22.4. The van der Waals surface area contributed by atoms with E-state index < -0.39 is 18.1 Å². The van der Waals surface area contributed by atoms with Gasteiger partial charge in [-0.3, -0.25) is 0 Å². The summed E-state index contributed by atoms with van der Waals surface area (Å²) >= 11 is 0.